The van der Waals surface area contributed by atoms with Gasteiger partial charge in [0.25, 0.3) is 0 Å². The Morgan fingerprint density at radius 2 is 1.75 bits per heavy atom. The van der Waals surface area contributed by atoms with E-state index in [0.717, 1.165) is 24.3 Å². The quantitative estimate of drug-likeness (QED) is 0.675. The SMILES string of the molecule is Cc1cc(C(=O)c2ccccc2)cnc1N1CCc2ccccc21. The Bertz CT molecular complexity index is 903. The molecule has 0 amide bonds. The van der Waals surface area contributed by atoms with E-state index in [1.165, 1.54) is 11.3 Å². The number of fused-ring (bicyclic) bond motifs is 1. The van der Waals surface area contributed by atoms with Crippen LogP contribution in [0.2, 0.25) is 0 Å². The highest BCUT2D eigenvalue weighted by atomic mass is 16.1. The number of para-hydroxylation sites is 1. The normalized spacial score (nSPS) is 13.0. The molecule has 3 nitrogen and oxygen atoms in total. The average molecular weight is 314 g/mol. The fraction of sp³-hybridized carbons (Fsp3) is 0.143. The summed E-state index contributed by atoms with van der Waals surface area (Å²) in [6.07, 6.45) is 2.72. The zero-order valence-corrected chi connectivity index (χ0v) is 13.6. The zero-order chi connectivity index (χ0) is 16.5. The molecular formula is C21H18N2O. The number of pyridine rings is 1. The van der Waals surface area contributed by atoms with Gasteiger partial charge in [0.15, 0.2) is 5.78 Å². The maximum Gasteiger partial charge on any atom is 0.194 e. The van der Waals surface area contributed by atoms with Gasteiger partial charge in [0.05, 0.1) is 0 Å². The summed E-state index contributed by atoms with van der Waals surface area (Å²) in [5.41, 5.74) is 4.92. The third-order valence-corrected chi connectivity index (χ3v) is 4.49. The number of aryl methyl sites for hydroxylation is 1. The molecule has 0 bridgehead atoms. The van der Waals surface area contributed by atoms with Crippen molar-refractivity contribution in [3.8, 4) is 0 Å². The topological polar surface area (TPSA) is 33.2 Å². The second-order valence-electron chi connectivity index (χ2n) is 6.09. The number of carbonyl (C=O) groups is 1. The molecule has 0 saturated carbocycles. The van der Waals surface area contributed by atoms with E-state index in [4.69, 9.17) is 0 Å². The first-order valence-corrected chi connectivity index (χ1v) is 8.16. The monoisotopic (exact) mass is 314 g/mol. The molecular weight excluding hydrogens is 296 g/mol. The van der Waals surface area contributed by atoms with Gasteiger partial charge >= 0.3 is 0 Å². The Morgan fingerprint density at radius 1 is 1.00 bits per heavy atom. The minimum absolute atomic E-state index is 0.0135. The van der Waals surface area contributed by atoms with E-state index in [2.05, 4.69) is 34.1 Å². The first-order valence-electron chi connectivity index (χ1n) is 8.16. The molecule has 2 aromatic carbocycles. The number of ketones is 1. The molecule has 2 heterocycles. The summed E-state index contributed by atoms with van der Waals surface area (Å²) in [5, 5.41) is 0. The molecule has 0 saturated heterocycles. The van der Waals surface area contributed by atoms with Crippen LogP contribution in [0.4, 0.5) is 11.5 Å². The Kier molecular flexibility index (Phi) is 3.62. The molecule has 118 valence electrons. The Balaban J connectivity index is 1.68. The lowest BCUT2D eigenvalue weighted by Crippen LogP contribution is -2.16. The third-order valence-electron chi connectivity index (χ3n) is 4.49. The van der Waals surface area contributed by atoms with Crippen molar-refractivity contribution >= 4 is 17.3 Å². The molecule has 0 radical (unpaired) electrons. The molecule has 4 rings (SSSR count). The van der Waals surface area contributed by atoms with Crippen LogP contribution in [0, 0.1) is 6.92 Å². The highest BCUT2D eigenvalue weighted by Crippen LogP contribution is 2.34. The first kappa shape index (κ1) is 14.6. The van der Waals surface area contributed by atoms with Gasteiger partial charge in [0.2, 0.25) is 0 Å². The van der Waals surface area contributed by atoms with E-state index in [0.29, 0.717) is 11.1 Å². The van der Waals surface area contributed by atoms with Crippen LogP contribution in [0.25, 0.3) is 0 Å². The van der Waals surface area contributed by atoms with E-state index >= 15 is 0 Å². The number of anilines is 2. The van der Waals surface area contributed by atoms with E-state index in [1.807, 2.05) is 43.3 Å². The number of benzene rings is 2. The molecule has 0 N–H and O–H groups in total. The van der Waals surface area contributed by atoms with Crippen molar-refractivity contribution in [1.29, 1.82) is 0 Å². The summed E-state index contributed by atoms with van der Waals surface area (Å²) >= 11 is 0. The van der Waals surface area contributed by atoms with Crippen molar-refractivity contribution in [2.24, 2.45) is 0 Å². The molecule has 0 unspecified atom stereocenters. The van der Waals surface area contributed by atoms with E-state index in [-0.39, 0.29) is 5.78 Å². The van der Waals surface area contributed by atoms with Crippen molar-refractivity contribution in [3.63, 3.8) is 0 Å². The van der Waals surface area contributed by atoms with Gasteiger partial charge in [0.1, 0.15) is 5.82 Å². The lowest BCUT2D eigenvalue weighted by atomic mass is 10.0. The standard InChI is InChI=1S/C21H18N2O/c1-15-13-18(20(24)17-8-3-2-4-9-17)14-22-21(15)23-12-11-16-7-5-6-10-19(16)23/h2-10,13-14H,11-12H2,1H3. The summed E-state index contributed by atoms with van der Waals surface area (Å²) in [7, 11) is 0. The third kappa shape index (κ3) is 2.48. The first-order chi connectivity index (χ1) is 11.7. The summed E-state index contributed by atoms with van der Waals surface area (Å²) < 4.78 is 0. The van der Waals surface area contributed by atoms with Gasteiger partial charge in [-0.2, -0.15) is 0 Å². The molecule has 0 spiro atoms. The molecule has 0 aliphatic carbocycles. The number of carbonyl (C=O) groups excluding carboxylic acids is 1. The molecule has 1 aliphatic rings. The molecule has 1 aromatic heterocycles. The van der Waals surface area contributed by atoms with Crippen LogP contribution in [0.1, 0.15) is 27.0 Å². The van der Waals surface area contributed by atoms with E-state index in [1.54, 1.807) is 6.20 Å². The fourth-order valence-electron chi connectivity index (χ4n) is 3.29. The van der Waals surface area contributed by atoms with Gasteiger partial charge in [-0.3, -0.25) is 4.79 Å². The molecule has 24 heavy (non-hydrogen) atoms. The molecule has 3 heteroatoms. The zero-order valence-electron chi connectivity index (χ0n) is 13.6. The minimum atomic E-state index is 0.0135. The van der Waals surface area contributed by atoms with E-state index < -0.39 is 0 Å². The van der Waals surface area contributed by atoms with Gasteiger partial charge in [-0.25, -0.2) is 4.98 Å². The van der Waals surface area contributed by atoms with Crippen LogP contribution >= 0.6 is 0 Å². The van der Waals surface area contributed by atoms with Gasteiger partial charge in [-0.05, 0) is 36.6 Å². The van der Waals surface area contributed by atoms with Crippen molar-refractivity contribution in [2.75, 3.05) is 11.4 Å². The highest BCUT2D eigenvalue weighted by Gasteiger charge is 2.22. The van der Waals surface area contributed by atoms with Gasteiger partial charge < -0.3 is 4.90 Å². The Labute approximate surface area is 141 Å². The lowest BCUT2D eigenvalue weighted by Gasteiger charge is -2.20. The minimum Gasteiger partial charge on any atom is -0.326 e. The number of rotatable bonds is 3. The molecule has 1 aliphatic heterocycles. The molecule has 0 atom stereocenters. The van der Waals surface area contributed by atoms with Crippen LogP contribution in [0.5, 0.6) is 0 Å². The number of nitrogens with zero attached hydrogens (tertiary/aromatic N) is 2. The predicted octanol–water partition coefficient (Wildman–Crippen LogP) is 4.32. The summed E-state index contributed by atoms with van der Waals surface area (Å²) in [5.74, 6) is 0.948. The van der Waals surface area contributed by atoms with Crippen LogP contribution in [0.3, 0.4) is 0 Å². The lowest BCUT2D eigenvalue weighted by molar-refractivity contribution is 0.103. The van der Waals surface area contributed by atoms with Gasteiger partial charge in [-0.1, -0.05) is 48.5 Å². The maximum atomic E-state index is 12.6. The highest BCUT2D eigenvalue weighted by molar-refractivity contribution is 6.09. The fourth-order valence-corrected chi connectivity index (χ4v) is 3.29. The van der Waals surface area contributed by atoms with Gasteiger partial charge in [0, 0.05) is 29.6 Å². The second-order valence-corrected chi connectivity index (χ2v) is 6.09. The second kappa shape index (κ2) is 5.93. The largest absolute Gasteiger partial charge is 0.326 e. The van der Waals surface area contributed by atoms with Crippen molar-refractivity contribution in [1.82, 2.24) is 4.98 Å². The maximum absolute atomic E-state index is 12.6. The summed E-state index contributed by atoms with van der Waals surface area (Å²) in [6.45, 7) is 2.95. The van der Waals surface area contributed by atoms with Crippen LogP contribution in [-0.2, 0) is 6.42 Å². The average Bonchev–Trinajstić information content (AvgIpc) is 3.06. The molecule has 3 aromatic rings. The van der Waals surface area contributed by atoms with Crippen LogP contribution in [-0.4, -0.2) is 17.3 Å². The van der Waals surface area contributed by atoms with Crippen LogP contribution in [0.15, 0.2) is 66.9 Å². The smallest absolute Gasteiger partial charge is 0.194 e. The molecule has 0 fully saturated rings. The van der Waals surface area contributed by atoms with E-state index in [9.17, 15) is 4.79 Å². The number of aromatic nitrogens is 1. The van der Waals surface area contributed by atoms with Crippen molar-refractivity contribution in [3.05, 3.63) is 89.1 Å². The summed E-state index contributed by atoms with van der Waals surface area (Å²) in [6, 6.07) is 19.7. The Hall–Kier alpha value is -2.94. The number of hydrogen-bond acceptors (Lipinski definition) is 3. The van der Waals surface area contributed by atoms with Crippen molar-refractivity contribution in [2.45, 2.75) is 13.3 Å². The summed E-state index contributed by atoms with van der Waals surface area (Å²) in [4.78, 5) is 19.4. The van der Waals surface area contributed by atoms with Crippen molar-refractivity contribution < 1.29 is 4.79 Å². The Morgan fingerprint density at radius 3 is 2.54 bits per heavy atom. The van der Waals surface area contributed by atoms with Crippen LogP contribution < -0.4 is 4.90 Å². The predicted molar refractivity (Wildman–Crippen MR) is 96.0 cm³/mol. The number of hydrogen-bond donors (Lipinski definition) is 0. The van der Waals surface area contributed by atoms with Gasteiger partial charge in [-0.15, -0.1) is 0 Å².